The van der Waals surface area contributed by atoms with E-state index in [0.717, 1.165) is 21.3 Å². The summed E-state index contributed by atoms with van der Waals surface area (Å²) >= 11 is 3.46. The number of aryl methyl sites for hydroxylation is 1. The lowest BCUT2D eigenvalue weighted by Crippen LogP contribution is -1.88. The zero-order chi connectivity index (χ0) is 9.42. The first-order valence-corrected chi connectivity index (χ1v) is 4.68. The molecule has 0 aliphatic rings. The maximum atomic E-state index is 5.24. The summed E-state index contributed by atoms with van der Waals surface area (Å²) in [6.45, 7) is 0. The number of hydrogen-bond donors (Lipinski definition) is 0. The van der Waals surface area contributed by atoms with Crippen molar-refractivity contribution in [2.45, 2.75) is 0 Å². The molecule has 68 valence electrons. The standard InChI is InChI=1S/C9H9BrN2O/c1-12-9(10)8-6(11-12)4-3-5-7(8)13-2/h3-5H,1-2H3. The molecule has 0 aliphatic carbocycles. The Balaban J connectivity index is 2.87. The number of fused-ring (bicyclic) bond motifs is 1. The van der Waals surface area contributed by atoms with Gasteiger partial charge in [0.05, 0.1) is 18.0 Å². The van der Waals surface area contributed by atoms with E-state index in [0.29, 0.717) is 0 Å². The quantitative estimate of drug-likeness (QED) is 0.766. The molecule has 0 aliphatic heterocycles. The van der Waals surface area contributed by atoms with Crippen molar-refractivity contribution in [1.82, 2.24) is 9.78 Å². The maximum absolute atomic E-state index is 5.24. The van der Waals surface area contributed by atoms with Crippen molar-refractivity contribution < 1.29 is 4.74 Å². The molecule has 0 bridgehead atoms. The van der Waals surface area contributed by atoms with Crippen LogP contribution in [0.3, 0.4) is 0 Å². The third kappa shape index (κ3) is 1.21. The van der Waals surface area contributed by atoms with Crippen LogP contribution in [0.1, 0.15) is 0 Å². The van der Waals surface area contributed by atoms with E-state index in [1.165, 1.54) is 0 Å². The molecule has 0 unspecified atom stereocenters. The highest BCUT2D eigenvalue weighted by Gasteiger charge is 2.10. The van der Waals surface area contributed by atoms with Crippen LogP contribution >= 0.6 is 15.9 Å². The number of aromatic nitrogens is 2. The summed E-state index contributed by atoms with van der Waals surface area (Å²) in [4.78, 5) is 0. The summed E-state index contributed by atoms with van der Waals surface area (Å²) in [5.41, 5.74) is 0.939. The van der Waals surface area contributed by atoms with Gasteiger partial charge in [-0.3, -0.25) is 4.68 Å². The number of halogens is 1. The molecular formula is C9H9BrN2O. The molecule has 0 spiro atoms. The first kappa shape index (κ1) is 8.56. The van der Waals surface area contributed by atoms with Gasteiger partial charge in [-0.05, 0) is 28.1 Å². The van der Waals surface area contributed by atoms with Crippen LogP contribution in [0.4, 0.5) is 0 Å². The van der Waals surface area contributed by atoms with Crippen LogP contribution in [0.2, 0.25) is 0 Å². The van der Waals surface area contributed by atoms with E-state index < -0.39 is 0 Å². The number of hydrogen-bond acceptors (Lipinski definition) is 2. The Bertz CT molecular complexity index is 450. The van der Waals surface area contributed by atoms with Gasteiger partial charge in [-0.15, -0.1) is 0 Å². The summed E-state index contributed by atoms with van der Waals surface area (Å²) in [6, 6.07) is 5.82. The Hall–Kier alpha value is -1.03. The summed E-state index contributed by atoms with van der Waals surface area (Å²) in [7, 11) is 3.55. The molecule has 0 saturated heterocycles. The highest BCUT2D eigenvalue weighted by molar-refractivity contribution is 9.10. The van der Waals surface area contributed by atoms with Crippen molar-refractivity contribution in [2.24, 2.45) is 7.05 Å². The molecule has 13 heavy (non-hydrogen) atoms. The van der Waals surface area contributed by atoms with Gasteiger partial charge in [-0.1, -0.05) is 6.07 Å². The minimum atomic E-state index is 0.845. The molecule has 1 aromatic carbocycles. The number of methoxy groups -OCH3 is 1. The number of ether oxygens (including phenoxy) is 1. The normalized spacial score (nSPS) is 10.7. The molecule has 1 heterocycles. The van der Waals surface area contributed by atoms with Gasteiger partial charge in [0.2, 0.25) is 0 Å². The number of nitrogens with zero attached hydrogens (tertiary/aromatic N) is 2. The van der Waals surface area contributed by atoms with Crippen LogP contribution < -0.4 is 4.74 Å². The van der Waals surface area contributed by atoms with Gasteiger partial charge in [-0.25, -0.2) is 0 Å². The van der Waals surface area contributed by atoms with E-state index in [2.05, 4.69) is 21.0 Å². The molecule has 0 N–H and O–H groups in total. The van der Waals surface area contributed by atoms with Crippen molar-refractivity contribution >= 4 is 26.8 Å². The minimum absolute atomic E-state index is 0.845. The molecule has 0 atom stereocenters. The monoisotopic (exact) mass is 240 g/mol. The Kier molecular flexibility index (Phi) is 2.00. The topological polar surface area (TPSA) is 27.1 Å². The van der Waals surface area contributed by atoms with Crippen LogP contribution in [-0.2, 0) is 7.05 Å². The van der Waals surface area contributed by atoms with Crippen molar-refractivity contribution in [1.29, 1.82) is 0 Å². The average molecular weight is 241 g/mol. The highest BCUT2D eigenvalue weighted by atomic mass is 79.9. The second-order valence-electron chi connectivity index (χ2n) is 2.77. The molecular weight excluding hydrogens is 232 g/mol. The number of rotatable bonds is 1. The molecule has 0 fully saturated rings. The SMILES string of the molecule is COc1cccc2nn(C)c(Br)c12. The van der Waals surface area contributed by atoms with E-state index in [1.807, 2.05) is 25.2 Å². The predicted octanol–water partition coefficient (Wildman–Crippen LogP) is 2.34. The lowest BCUT2D eigenvalue weighted by atomic mass is 10.2. The van der Waals surface area contributed by atoms with Crippen LogP contribution in [0.5, 0.6) is 5.75 Å². The highest BCUT2D eigenvalue weighted by Crippen LogP contribution is 2.31. The largest absolute Gasteiger partial charge is 0.496 e. The van der Waals surface area contributed by atoms with Crippen molar-refractivity contribution in [3.05, 3.63) is 22.8 Å². The molecule has 1 aromatic heterocycles. The van der Waals surface area contributed by atoms with Crippen LogP contribution in [0.15, 0.2) is 22.8 Å². The fraction of sp³-hybridized carbons (Fsp3) is 0.222. The summed E-state index contributed by atoms with van der Waals surface area (Å²) in [5.74, 6) is 0.845. The van der Waals surface area contributed by atoms with Crippen molar-refractivity contribution in [3.8, 4) is 5.75 Å². The van der Waals surface area contributed by atoms with Gasteiger partial charge in [0.15, 0.2) is 0 Å². The molecule has 2 aromatic rings. The Labute approximate surface area is 84.4 Å². The van der Waals surface area contributed by atoms with Crippen LogP contribution in [0.25, 0.3) is 10.9 Å². The molecule has 4 heteroatoms. The third-order valence-corrected chi connectivity index (χ3v) is 2.88. The molecule has 3 nitrogen and oxygen atoms in total. The van der Waals surface area contributed by atoms with Gasteiger partial charge in [0.25, 0.3) is 0 Å². The first-order valence-electron chi connectivity index (χ1n) is 3.89. The Morgan fingerprint density at radius 3 is 2.92 bits per heavy atom. The van der Waals surface area contributed by atoms with Gasteiger partial charge < -0.3 is 4.74 Å². The molecule has 0 radical (unpaired) electrons. The summed E-state index contributed by atoms with van der Waals surface area (Å²) in [6.07, 6.45) is 0. The van der Waals surface area contributed by atoms with Crippen molar-refractivity contribution in [2.75, 3.05) is 7.11 Å². The predicted molar refractivity (Wildman–Crippen MR) is 55.0 cm³/mol. The fourth-order valence-corrected chi connectivity index (χ4v) is 1.83. The third-order valence-electron chi connectivity index (χ3n) is 1.97. The van der Waals surface area contributed by atoms with Gasteiger partial charge in [-0.2, -0.15) is 5.10 Å². The van der Waals surface area contributed by atoms with E-state index in [9.17, 15) is 0 Å². The van der Waals surface area contributed by atoms with Gasteiger partial charge in [0.1, 0.15) is 10.4 Å². The fourth-order valence-electron chi connectivity index (χ4n) is 1.35. The maximum Gasteiger partial charge on any atom is 0.131 e. The zero-order valence-electron chi connectivity index (χ0n) is 7.41. The van der Waals surface area contributed by atoms with E-state index in [-0.39, 0.29) is 0 Å². The molecule has 0 amide bonds. The lowest BCUT2D eigenvalue weighted by molar-refractivity contribution is 0.419. The number of benzene rings is 1. The van der Waals surface area contributed by atoms with E-state index in [4.69, 9.17) is 4.74 Å². The molecule has 2 rings (SSSR count). The second-order valence-corrected chi connectivity index (χ2v) is 3.52. The van der Waals surface area contributed by atoms with Gasteiger partial charge in [0, 0.05) is 7.05 Å². The van der Waals surface area contributed by atoms with Gasteiger partial charge >= 0.3 is 0 Å². The summed E-state index contributed by atoms with van der Waals surface area (Å²) in [5, 5.41) is 5.33. The smallest absolute Gasteiger partial charge is 0.131 e. The van der Waals surface area contributed by atoms with Crippen LogP contribution in [0, 0.1) is 0 Å². The first-order chi connectivity index (χ1) is 6.24. The lowest BCUT2D eigenvalue weighted by Gasteiger charge is -1.99. The second kappa shape index (κ2) is 3.03. The van der Waals surface area contributed by atoms with Crippen LogP contribution in [-0.4, -0.2) is 16.9 Å². The average Bonchev–Trinajstić information content (AvgIpc) is 2.43. The molecule has 0 saturated carbocycles. The summed E-state index contributed by atoms with van der Waals surface area (Å²) < 4.78 is 7.97. The Morgan fingerprint density at radius 2 is 2.23 bits per heavy atom. The zero-order valence-corrected chi connectivity index (χ0v) is 9.00. The van der Waals surface area contributed by atoms with E-state index in [1.54, 1.807) is 11.8 Å². The van der Waals surface area contributed by atoms with E-state index >= 15 is 0 Å². The van der Waals surface area contributed by atoms with Crippen molar-refractivity contribution in [3.63, 3.8) is 0 Å². The Morgan fingerprint density at radius 1 is 1.46 bits per heavy atom. The minimum Gasteiger partial charge on any atom is -0.496 e.